The van der Waals surface area contributed by atoms with Crippen LogP contribution in [0, 0.1) is 6.92 Å². The standard InChI is InChI=1S/C4H5N2S/c1-3-2-6-4(5)7-3/h2H,1H3,(H-,5,6)/q-1. The monoisotopic (exact) mass is 113 g/mol. The highest BCUT2D eigenvalue weighted by atomic mass is 32.1. The van der Waals surface area contributed by atoms with Crippen LogP contribution in [0.25, 0.3) is 5.73 Å². The third-order valence-electron chi connectivity index (χ3n) is 0.621. The topological polar surface area (TPSA) is 36.7 Å². The summed E-state index contributed by atoms with van der Waals surface area (Å²) < 4.78 is 0. The van der Waals surface area contributed by atoms with E-state index in [2.05, 4.69) is 4.98 Å². The molecule has 3 heteroatoms. The molecular weight excluding hydrogens is 108 g/mol. The first-order valence-corrected chi connectivity index (χ1v) is 2.75. The van der Waals surface area contributed by atoms with E-state index >= 15 is 0 Å². The van der Waals surface area contributed by atoms with Gasteiger partial charge in [-0.3, -0.25) is 0 Å². The number of nitrogens with one attached hydrogen (secondary N) is 1. The molecule has 0 bridgehead atoms. The first-order chi connectivity index (χ1) is 3.29. The van der Waals surface area contributed by atoms with Crippen LogP contribution >= 0.6 is 11.3 Å². The molecule has 1 N–H and O–H groups in total. The van der Waals surface area contributed by atoms with Gasteiger partial charge in [-0.1, -0.05) is 6.20 Å². The number of hydrogen-bond donors (Lipinski definition) is 0. The van der Waals surface area contributed by atoms with Crippen LogP contribution in [0.3, 0.4) is 0 Å². The van der Waals surface area contributed by atoms with Crippen LogP contribution in [-0.4, -0.2) is 4.98 Å². The minimum absolute atomic E-state index is 0.400. The van der Waals surface area contributed by atoms with Gasteiger partial charge in [-0.15, -0.1) is 0 Å². The van der Waals surface area contributed by atoms with Gasteiger partial charge in [0.1, 0.15) is 0 Å². The molecule has 0 spiro atoms. The second-order valence-electron chi connectivity index (χ2n) is 1.28. The molecule has 0 amide bonds. The lowest BCUT2D eigenvalue weighted by Crippen LogP contribution is -1.49. The van der Waals surface area contributed by atoms with E-state index in [-0.39, 0.29) is 0 Å². The van der Waals surface area contributed by atoms with Gasteiger partial charge in [0.05, 0.1) is 0 Å². The zero-order chi connectivity index (χ0) is 5.28. The Labute approximate surface area is 46.0 Å². The molecule has 0 aromatic carbocycles. The van der Waals surface area contributed by atoms with Crippen molar-refractivity contribution in [2.75, 3.05) is 0 Å². The lowest BCUT2D eigenvalue weighted by molar-refractivity contribution is 1.41. The summed E-state index contributed by atoms with van der Waals surface area (Å²) in [4.78, 5) is 4.80. The van der Waals surface area contributed by atoms with Crippen LogP contribution in [0.2, 0.25) is 0 Å². The molecule has 0 aliphatic carbocycles. The number of aryl methyl sites for hydroxylation is 1. The molecule has 0 fully saturated rings. The minimum Gasteiger partial charge on any atom is -0.473 e. The molecule has 0 radical (unpaired) electrons. The van der Waals surface area contributed by atoms with Crippen molar-refractivity contribution in [2.24, 2.45) is 0 Å². The molecule has 1 aromatic rings. The predicted octanol–water partition coefficient (Wildman–Crippen LogP) is 2.14. The number of thiazole rings is 1. The van der Waals surface area contributed by atoms with E-state index in [9.17, 15) is 0 Å². The molecule has 0 atom stereocenters. The Hall–Kier alpha value is -0.570. The number of rotatable bonds is 0. The largest absolute Gasteiger partial charge is 0.473 e. The van der Waals surface area contributed by atoms with Gasteiger partial charge in [-0.05, 0) is 16.9 Å². The molecule has 38 valence electrons. The Kier molecular flexibility index (Phi) is 0.982. The fraction of sp³-hybridized carbons (Fsp3) is 0.250. The van der Waals surface area contributed by atoms with Gasteiger partial charge in [0.15, 0.2) is 0 Å². The summed E-state index contributed by atoms with van der Waals surface area (Å²) in [6.07, 6.45) is 1.70. The smallest absolute Gasteiger partial charge is 0.00284 e. The van der Waals surface area contributed by atoms with Crippen LogP contribution in [0.15, 0.2) is 6.20 Å². The van der Waals surface area contributed by atoms with Crippen molar-refractivity contribution in [3.05, 3.63) is 16.8 Å². The van der Waals surface area contributed by atoms with Gasteiger partial charge in [0.25, 0.3) is 0 Å². The van der Waals surface area contributed by atoms with Crippen molar-refractivity contribution >= 4 is 16.5 Å². The zero-order valence-electron chi connectivity index (χ0n) is 3.93. The Morgan fingerprint density at radius 3 is 2.71 bits per heavy atom. The van der Waals surface area contributed by atoms with E-state index in [1.54, 1.807) is 6.20 Å². The van der Waals surface area contributed by atoms with E-state index in [1.165, 1.54) is 11.3 Å². The highest BCUT2D eigenvalue weighted by molar-refractivity contribution is 7.15. The van der Waals surface area contributed by atoms with Crippen molar-refractivity contribution < 1.29 is 0 Å². The Morgan fingerprint density at radius 1 is 1.86 bits per heavy atom. The van der Waals surface area contributed by atoms with Crippen LogP contribution in [0.5, 0.6) is 0 Å². The summed E-state index contributed by atoms with van der Waals surface area (Å²) in [6.45, 7) is 1.94. The lowest BCUT2D eigenvalue weighted by atomic mass is 10.7. The van der Waals surface area contributed by atoms with E-state index in [1.807, 2.05) is 6.92 Å². The van der Waals surface area contributed by atoms with Crippen LogP contribution < -0.4 is 0 Å². The van der Waals surface area contributed by atoms with Gasteiger partial charge in [0.2, 0.25) is 0 Å². The molecule has 0 saturated heterocycles. The SMILES string of the molecule is Cc1cnc([NH-])s1. The maximum atomic E-state index is 6.92. The zero-order valence-corrected chi connectivity index (χ0v) is 4.75. The minimum atomic E-state index is 0.400. The van der Waals surface area contributed by atoms with E-state index in [0.717, 1.165) is 4.88 Å². The summed E-state index contributed by atoms with van der Waals surface area (Å²) in [5.41, 5.74) is 6.92. The summed E-state index contributed by atoms with van der Waals surface area (Å²) in [7, 11) is 0. The fourth-order valence-corrected chi connectivity index (χ4v) is 0.871. The number of aromatic nitrogens is 1. The Morgan fingerprint density at radius 2 is 2.57 bits per heavy atom. The highest BCUT2D eigenvalue weighted by Gasteiger charge is 1.77. The van der Waals surface area contributed by atoms with Crippen molar-refractivity contribution in [3.63, 3.8) is 0 Å². The van der Waals surface area contributed by atoms with E-state index in [4.69, 9.17) is 5.73 Å². The number of nitrogens with zero attached hydrogens (tertiary/aromatic N) is 1. The highest BCUT2D eigenvalue weighted by Crippen LogP contribution is 2.17. The van der Waals surface area contributed by atoms with Gasteiger partial charge < -0.3 is 10.7 Å². The molecule has 0 saturated carbocycles. The van der Waals surface area contributed by atoms with Crippen LogP contribution in [0.1, 0.15) is 4.88 Å². The average molecular weight is 113 g/mol. The summed E-state index contributed by atoms with van der Waals surface area (Å²) >= 11 is 1.40. The lowest BCUT2D eigenvalue weighted by Gasteiger charge is -1.83. The molecule has 7 heavy (non-hydrogen) atoms. The van der Waals surface area contributed by atoms with Crippen molar-refractivity contribution in [1.29, 1.82) is 0 Å². The molecule has 2 nitrogen and oxygen atoms in total. The molecule has 1 heterocycles. The Balaban J connectivity index is 3.04. The second-order valence-corrected chi connectivity index (χ2v) is 2.51. The van der Waals surface area contributed by atoms with Gasteiger partial charge >= 0.3 is 0 Å². The Bertz CT molecular complexity index is 142. The van der Waals surface area contributed by atoms with Gasteiger partial charge in [-0.2, -0.15) is 11.3 Å². The third-order valence-corrected chi connectivity index (χ3v) is 1.35. The molecular formula is C4H5N2S-. The van der Waals surface area contributed by atoms with Crippen LogP contribution in [0.4, 0.5) is 5.13 Å². The quantitative estimate of drug-likeness (QED) is 0.507. The summed E-state index contributed by atoms with van der Waals surface area (Å²) in [5.74, 6) is 0. The average Bonchev–Trinajstić information content (AvgIpc) is 1.87. The first kappa shape index (κ1) is 4.59. The molecule has 1 aromatic heterocycles. The predicted molar refractivity (Wildman–Crippen MR) is 30.8 cm³/mol. The van der Waals surface area contributed by atoms with Gasteiger partial charge in [0, 0.05) is 0 Å². The number of hydrogen-bond acceptors (Lipinski definition) is 2. The van der Waals surface area contributed by atoms with Crippen LogP contribution in [-0.2, 0) is 0 Å². The second kappa shape index (κ2) is 1.50. The van der Waals surface area contributed by atoms with Crippen molar-refractivity contribution in [1.82, 2.24) is 4.98 Å². The molecule has 1 rings (SSSR count). The first-order valence-electron chi connectivity index (χ1n) is 1.93. The van der Waals surface area contributed by atoms with E-state index in [0.29, 0.717) is 5.13 Å². The van der Waals surface area contributed by atoms with Crippen molar-refractivity contribution in [3.8, 4) is 0 Å². The van der Waals surface area contributed by atoms with E-state index < -0.39 is 0 Å². The summed E-state index contributed by atoms with van der Waals surface area (Å²) in [6, 6.07) is 0. The van der Waals surface area contributed by atoms with Crippen molar-refractivity contribution in [2.45, 2.75) is 6.92 Å². The van der Waals surface area contributed by atoms with Gasteiger partial charge in [-0.25, -0.2) is 0 Å². The molecule has 0 aliphatic heterocycles. The third kappa shape index (κ3) is 0.899. The normalized spacial score (nSPS) is 9.29. The summed E-state index contributed by atoms with van der Waals surface area (Å²) in [5, 5.41) is 0.400. The molecule has 0 aliphatic rings. The maximum absolute atomic E-state index is 6.92. The molecule has 0 unspecified atom stereocenters. The fourth-order valence-electron chi connectivity index (χ4n) is 0.355. The maximum Gasteiger partial charge on any atom is -0.00284 e.